The lowest BCUT2D eigenvalue weighted by molar-refractivity contribution is 0.0443. The van der Waals surface area contributed by atoms with Gasteiger partial charge in [0.2, 0.25) is 0 Å². The van der Waals surface area contributed by atoms with Gasteiger partial charge in [-0.05, 0) is 38.0 Å². The summed E-state index contributed by atoms with van der Waals surface area (Å²) < 4.78 is 19.3. The van der Waals surface area contributed by atoms with Gasteiger partial charge in [-0.15, -0.1) is 0 Å². The fraction of sp³-hybridized carbons (Fsp3) is 0.533. The first-order chi connectivity index (χ1) is 9.04. The summed E-state index contributed by atoms with van der Waals surface area (Å²) in [5.41, 5.74) is 0.989. The highest BCUT2D eigenvalue weighted by molar-refractivity contribution is 5.94. The molecule has 1 amide bonds. The maximum Gasteiger partial charge on any atom is 0.254 e. The molecule has 1 aromatic carbocycles. The van der Waals surface area contributed by atoms with E-state index in [1.165, 1.54) is 6.07 Å². The summed E-state index contributed by atoms with van der Waals surface area (Å²) in [6, 6.07) is 4.67. The van der Waals surface area contributed by atoms with Crippen molar-refractivity contribution in [3.8, 4) is 0 Å². The molecule has 0 N–H and O–H groups in total. The normalized spacial score (nSPS) is 29.6. The lowest BCUT2D eigenvalue weighted by Crippen LogP contribution is -2.31. The van der Waals surface area contributed by atoms with Crippen molar-refractivity contribution >= 4 is 5.91 Å². The van der Waals surface area contributed by atoms with Crippen molar-refractivity contribution in [1.29, 1.82) is 0 Å². The SMILES string of the molecule is Cc1ccc(C(=O)N2C[C@H]3C[C@H](C)O[C@H]3C2)cc1F. The number of fused-ring (bicyclic) bond motifs is 1. The van der Waals surface area contributed by atoms with Crippen LogP contribution in [0.2, 0.25) is 0 Å². The molecule has 19 heavy (non-hydrogen) atoms. The van der Waals surface area contributed by atoms with Crippen LogP contribution in [0.5, 0.6) is 0 Å². The van der Waals surface area contributed by atoms with Gasteiger partial charge in [0.05, 0.1) is 12.2 Å². The van der Waals surface area contributed by atoms with Gasteiger partial charge in [0.1, 0.15) is 5.82 Å². The van der Waals surface area contributed by atoms with Gasteiger partial charge in [-0.3, -0.25) is 4.79 Å². The van der Waals surface area contributed by atoms with Crippen molar-refractivity contribution in [3.63, 3.8) is 0 Å². The van der Waals surface area contributed by atoms with E-state index in [1.54, 1.807) is 24.0 Å². The Bertz CT molecular complexity index is 503. The summed E-state index contributed by atoms with van der Waals surface area (Å²) in [5, 5.41) is 0. The molecule has 0 aromatic heterocycles. The molecule has 2 aliphatic heterocycles. The monoisotopic (exact) mass is 263 g/mol. The van der Waals surface area contributed by atoms with Crippen LogP contribution in [-0.4, -0.2) is 36.1 Å². The molecule has 2 fully saturated rings. The molecule has 3 atom stereocenters. The maximum atomic E-state index is 13.5. The molecule has 3 rings (SSSR count). The number of benzene rings is 1. The number of ether oxygens (including phenoxy) is 1. The first-order valence-corrected chi connectivity index (χ1v) is 6.75. The van der Waals surface area contributed by atoms with Gasteiger partial charge in [0, 0.05) is 24.6 Å². The molecule has 0 radical (unpaired) electrons. The smallest absolute Gasteiger partial charge is 0.254 e. The van der Waals surface area contributed by atoms with Crippen molar-refractivity contribution < 1.29 is 13.9 Å². The second-order valence-electron chi connectivity index (χ2n) is 5.66. The van der Waals surface area contributed by atoms with Crippen molar-refractivity contribution in [1.82, 2.24) is 4.90 Å². The van der Waals surface area contributed by atoms with Gasteiger partial charge in [0.25, 0.3) is 5.91 Å². The van der Waals surface area contributed by atoms with Crippen LogP contribution in [0.3, 0.4) is 0 Å². The van der Waals surface area contributed by atoms with E-state index in [0.29, 0.717) is 29.7 Å². The van der Waals surface area contributed by atoms with Gasteiger partial charge in [-0.25, -0.2) is 4.39 Å². The fourth-order valence-corrected chi connectivity index (χ4v) is 3.08. The average molecular weight is 263 g/mol. The lowest BCUT2D eigenvalue weighted by atomic mass is 10.0. The van der Waals surface area contributed by atoms with Gasteiger partial charge in [-0.2, -0.15) is 0 Å². The largest absolute Gasteiger partial charge is 0.373 e. The van der Waals surface area contributed by atoms with Crippen LogP contribution in [0.4, 0.5) is 4.39 Å². The minimum atomic E-state index is -0.324. The number of carbonyl (C=O) groups is 1. The third kappa shape index (κ3) is 2.25. The molecule has 1 aromatic rings. The summed E-state index contributed by atoms with van der Waals surface area (Å²) in [4.78, 5) is 14.1. The third-order valence-corrected chi connectivity index (χ3v) is 4.13. The van der Waals surface area contributed by atoms with Gasteiger partial charge in [-0.1, -0.05) is 6.07 Å². The average Bonchev–Trinajstić information content (AvgIpc) is 2.88. The second-order valence-corrected chi connectivity index (χ2v) is 5.66. The second kappa shape index (κ2) is 4.60. The minimum Gasteiger partial charge on any atom is -0.373 e. The molecular formula is C15H18FNO2. The van der Waals surface area contributed by atoms with Gasteiger partial charge < -0.3 is 9.64 Å². The zero-order valence-corrected chi connectivity index (χ0v) is 11.2. The lowest BCUT2D eigenvalue weighted by Gasteiger charge is -2.18. The number of amides is 1. The number of hydrogen-bond acceptors (Lipinski definition) is 2. The maximum absolute atomic E-state index is 13.5. The Morgan fingerprint density at radius 1 is 1.42 bits per heavy atom. The van der Waals surface area contributed by atoms with E-state index in [9.17, 15) is 9.18 Å². The van der Waals surface area contributed by atoms with Crippen LogP contribution in [0.25, 0.3) is 0 Å². The molecule has 0 aliphatic carbocycles. The predicted octanol–water partition coefficient (Wildman–Crippen LogP) is 2.38. The number of carbonyl (C=O) groups excluding carboxylic acids is 1. The predicted molar refractivity (Wildman–Crippen MR) is 69.5 cm³/mol. The molecule has 2 saturated heterocycles. The summed E-state index contributed by atoms with van der Waals surface area (Å²) >= 11 is 0. The number of halogens is 1. The van der Waals surface area contributed by atoms with Crippen LogP contribution >= 0.6 is 0 Å². The fourth-order valence-electron chi connectivity index (χ4n) is 3.08. The number of rotatable bonds is 1. The standard InChI is InChI=1S/C15H18FNO2/c1-9-3-4-11(6-13(9)16)15(18)17-7-12-5-10(2)19-14(12)8-17/h3-4,6,10,12,14H,5,7-8H2,1-2H3/t10-,12+,14-/m0/s1. The number of nitrogens with zero attached hydrogens (tertiary/aromatic N) is 1. The third-order valence-electron chi connectivity index (χ3n) is 4.13. The topological polar surface area (TPSA) is 29.5 Å². The first-order valence-electron chi connectivity index (χ1n) is 6.75. The highest BCUT2D eigenvalue weighted by atomic mass is 19.1. The minimum absolute atomic E-state index is 0.0930. The number of hydrogen-bond donors (Lipinski definition) is 0. The van der Waals surface area contributed by atoms with Crippen LogP contribution in [0.15, 0.2) is 18.2 Å². The van der Waals surface area contributed by atoms with E-state index in [4.69, 9.17) is 4.74 Å². The highest BCUT2D eigenvalue weighted by Crippen LogP contribution is 2.33. The quantitative estimate of drug-likeness (QED) is 0.778. The molecule has 2 heterocycles. The summed E-state index contributed by atoms with van der Waals surface area (Å²) in [6.07, 6.45) is 1.47. The zero-order valence-electron chi connectivity index (χ0n) is 11.2. The molecule has 0 saturated carbocycles. The molecular weight excluding hydrogens is 245 g/mol. The van der Waals surface area contributed by atoms with Crippen LogP contribution in [0.1, 0.15) is 29.3 Å². The molecule has 102 valence electrons. The Kier molecular flexibility index (Phi) is 3.05. The molecule has 0 spiro atoms. The van der Waals surface area contributed by atoms with Crippen molar-refractivity contribution in [2.45, 2.75) is 32.5 Å². The van der Waals surface area contributed by atoms with Crippen LogP contribution < -0.4 is 0 Å². The molecule has 0 unspecified atom stereocenters. The Labute approximate surface area is 112 Å². The molecule has 4 heteroatoms. The number of aryl methyl sites for hydroxylation is 1. The van der Waals surface area contributed by atoms with E-state index >= 15 is 0 Å². The van der Waals surface area contributed by atoms with E-state index < -0.39 is 0 Å². The Hall–Kier alpha value is -1.42. The van der Waals surface area contributed by atoms with Crippen molar-refractivity contribution in [2.75, 3.05) is 13.1 Å². The van der Waals surface area contributed by atoms with Gasteiger partial charge in [0.15, 0.2) is 0 Å². The van der Waals surface area contributed by atoms with E-state index in [1.807, 2.05) is 0 Å². The summed E-state index contributed by atoms with van der Waals surface area (Å²) in [6.45, 7) is 5.12. The first kappa shape index (κ1) is 12.6. The zero-order chi connectivity index (χ0) is 13.6. The Morgan fingerprint density at radius 2 is 2.21 bits per heavy atom. The van der Waals surface area contributed by atoms with E-state index in [-0.39, 0.29) is 17.8 Å². The Morgan fingerprint density at radius 3 is 2.89 bits per heavy atom. The summed E-state index contributed by atoms with van der Waals surface area (Å²) in [7, 11) is 0. The Balaban J connectivity index is 1.73. The molecule has 3 nitrogen and oxygen atoms in total. The van der Waals surface area contributed by atoms with E-state index in [2.05, 4.69) is 6.92 Å². The van der Waals surface area contributed by atoms with Crippen molar-refractivity contribution in [3.05, 3.63) is 35.1 Å². The number of likely N-dealkylation sites (tertiary alicyclic amines) is 1. The van der Waals surface area contributed by atoms with E-state index in [0.717, 1.165) is 13.0 Å². The van der Waals surface area contributed by atoms with Crippen molar-refractivity contribution in [2.24, 2.45) is 5.92 Å². The molecule has 0 bridgehead atoms. The molecule has 2 aliphatic rings. The van der Waals surface area contributed by atoms with Crippen LogP contribution in [-0.2, 0) is 4.74 Å². The van der Waals surface area contributed by atoms with Crippen LogP contribution in [0, 0.1) is 18.7 Å². The summed E-state index contributed by atoms with van der Waals surface area (Å²) in [5.74, 6) is 0.0221. The van der Waals surface area contributed by atoms with Gasteiger partial charge >= 0.3 is 0 Å². The highest BCUT2D eigenvalue weighted by Gasteiger charge is 2.42.